The summed E-state index contributed by atoms with van der Waals surface area (Å²) in [6.07, 6.45) is 1.24. The highest BCUT2D eigenvalue weighted by molar-refractivity contribution is 7.88. The molecule has 3 rings (SSSR count). The second-order valence-electron chi connectivity index (χ2n) is 7.84. The van der Waals surface area contributed by atoms with Gasteiger partial charge in [0.1, 0.15) is 5.75 Å². The first-order chi connectivity index (χ1) is 14.7. The van der Waals surface area contributed by atoms with Crippen molar-refractivity contribution in [1.82, 2.24) is 4.31 Å². The van der Waals surface area contributed by atoms with Crippen molar-refractivity contribution in [2.24, 2.45) is 5.92 Å². The van der Waals surface area contributed by atoms with Gasteiger partial charge in [0, 0.05) is 40.5 Å². The van der Waals surface area contributed by atoms with Crippen LogP contribution in [0, 0.1) is 5.92 Å². The van der Waals surface area contributed by atoms with E-state index in [0.717, 1.165) is 0 Å². The Kier molecular flexibility index (Phi) is 7.86. The van der Waals surface area contributed by atoms with E-state index in [1.807, 2.05) is 19.9 Å². The Hall–Kier alpha value is -1.80. The lowest BCUT2D eigenvalue weighted by atomic mass is 9.98. The molecule has 168 valence electrons. The molecule has 2 aromatic rings. The predicted molar refractivity (Wildman–Crippen MR) is 124 cm³/mol. The van der Waals surface area contributed by atoms with Crippen LogP contribution < -0.4 is 10.1 Å². The zero-order chi connectivity index (χ0) is 22.6. The van der Waals surface area contributed by atoms with Gasteiger partial charge in [-0.1, -0.05) is 35.3 Å². The summed E-state index contributed by atoms with van der Waals surface area (Å²) in [6.45, 7) is 4.35. The van der Waals surface area contributed by atoms with Crippen LogP contribution in [0.5, 0.6) is 5.75 Å². The van der Waals surface area contributed by atoms with Crippen LogP contribution in [0.15, 0.2) is 42.5 Å². The van der Waals surface area contributed by atoms with Crippen molar-refractivity contribution < 1.29 is 17.9 Å². The summed E-state index contributed by atoms with van der Waals surface area (Å²) >= 11 is 12.3. The van der Waals surface area contributed by atoms with Gasteiger partial charge in [-0.2, -0.15) is 0 Å². The Balaban J connectivity index is 1.67. The number of ether oxygens (including phenoxy) is 1. The maximum absolute atomic E-state index is 13.0. The minimum Gasteiger partial charge on any atom is -0.491 e. The van der Waals surface area contributed by atoms with Crippen molar-refractivity contribution >= 4 is 44.8 Å². The molecule has 31 heavy (non-hydrogen) atoms. The van der Waals surface area contributed by atoms with Gasteiger partial charge in [0.15, 0.2) is 0 Å². The third-order valence-electron chi connectivity index (χ3n) is 5.01. The molecular weight excluding hydrogens is 459 g/mol. The maximum Gasteiger partial charge on any atom is 0.228 e. The maximum atomic E-state index is 13.0. The number of piperidine rings is 1. The summed E-state index contributed by atoms with van der Waals surface area (Å²) in [5.74, 6) is -0.288. The number of anilines is 1. The van der Waals surface area contributed by atoms with Gasteiger partial charge >= 0.3 is 0 Å². The quantitative estimate of drug-likeness (QED) is 0.602. The highest BCUT2D eigenvalue weighted by Crippen LogP contribution is 2.29. The van der Waals surface area contributed by atoms with Gasteiger partial charge in [0.2, 0.25) is 15.9 Å². The summed E-state index contributed by atoms with van der Waals surface area (Å²) in [6, 6.07) is 12.1. The lowest BCUT2D eigenvalue weighted by Gasteiger charge is -2.31. The molecule has 9 heteroatoms. The Labute approximate surface area is 193 Å². The van der Waals surface area contributed by atoms with Crippen LogP contribution in [0.1, 0.15) is 32.3 Å². The normalized spacial score (nSPS) is 17.5. The van der Waals surface area contributed by atoms with Crippen LogP contribution in [0.4, 0.5) is 5.69 Å². The van der Waals surface area contributed by atoms with Crippen LogP contribution in [-0.4, -0.2) is 37.8 Å². The Morgan fingerprint density at radius 3 is 2.55 bits per heavy atom. The van der Waals surface area contributed by atoms with Gasteiger partial charge in [-0.25, -0.2) is 12.7 Å². The molecular formula is C22H26Cl2N2O4S. The van der Waals surface area contributed by atoms with Gasteiger partial charge in [-0.3, -0.25) is 4.79 Å². The molecule has 0 aliphatic carbocycles. The zero-order valence-corrected chi connectivity index (χ0v) is 19.8. The second-order valence-corrected chi connectivity index (χ2v) is 10.6. The predicted octanol–water partition coefficient (Wildman–Crippen LogP) is 4.96. The van der Waals surface area contributed by atoms with Crippen molar-refractivity contribution in [2.45, 2.75) is 38.5 Å². The molecule has 1 amide bonds. The van der Waals surface area contributed by atoms with Crippen molar-refractivity contribution in [2.75, 3.05) is 18.4 Å². The highest BCUT2D eigenvalue weighted by Gasteiger charge is 2.33. The van der Waals surface area contributed by atoms with E-state index in [4.69, 9.17) is 27.9 Å². The summed E-state index contributed by atoms with van der Waals surface area (Å²) in [4.78, 5) is 12.8. The van der Waals surface area contributed by atoms with Gasteiger partial charge < -0.3 is 10.1 Å². The lowest BCUT2D eigenvalue weighted by Crippen LogP contribution is -2.44. The van der Waals surface area contributed by atoms with Crippen molar-refractivity contribution in [1.29, 1.82) is 0 Å². The van der Waals surface area contributed by atoms with E-state index in [0.29, 0.717) is 46.4 Å². The smallest absolute Gasteiger partial charge is 0.228 e. The third kappa shape index (κ3) is 6.35. The van der Waals surface area contributed by atoms with Gasteiger partial charge in [0.05, 0.1) is 17.8 Å². The molecule has 1 saturated heterocycles. The summed E-state index contributed by atoms with van der Waals surface area (Å²) < 4.78 is 33.0. The Bertz CT molecular complexity index is 1020. The van der Waals surface area contributed by atoms with E-state index in [-0.39, 0.29) is 24.3 Å². The molecule has 2 aromatic carbocycles. The number of sulfonamides is 1. The minimum atomic E-state index is -3.68. The van der Waals surface area contributed by atoms with E-state index in [9.17, 15) is 13.2 Å². The molecule has 1 atom stereocenters. The molecule has 0 bridgehead atoms. The van der Waals surface area contributed by atoms with E-state index in [1.54, 1.807) is 36.4 Å². The number of hydrogen-bond acceptors (Lipinski definition) is 4. The molecule has 6 nitrogen and oxygen atoms in total. The molecule has 0 spiro atoms. The second kappa shape index (κ2) is 10.2. The molecule has 1 heterocycles. The monoisotopic (exact) mass is 484 g/mol. The van der Waals surface area contributed by atoms with Crippen LogP contribution in [0.25, 0.3) is 0 Å². The summed E-state index contributed by atoms with van der Waals surface area (Å²) in [5.41, 5.74) is 0.991. The van der Waals surface area contributed by atoms with Gasteiger partial charge in [-0.05, 0) is 51.0 Å². The zero-order valence-electron chi connectivity index (χ0n) is 17.5. The number of carbonyl (C=O) groups excluding carboxylic acids is 1. The number of benzene rings is 2. The fourth-order valence-electron chi connectivity index (χ4n) is 3.52. The van der Waals surface area contributed by atoms with Crippen molar-refractivity contribution in [3.63, 3.8) is 0 Å². The summed E-state index contributed by atoms with van der Waals surface area (Å²) in [5, 5.41) is 3.50. The fraction of sp³-hybridized carbons (Fsp3) is 0.409. The molecule has 1 aliphatic rings. The SMILES string of the molecule is CC(C)Oc1cccc(NC(=O)C2CCCN(S(=O)(=O)Cc3c(Cl)cccc3Cl)C2)c1. The third-order valence-corrected chi connectivity index (χ3v) is 7.49. The molecule has 1 unspecified atom stereocenters. The number of nitrogens with zero attached hydrogens (tertiary/aromatic N) is 1. The van der Waals surface area contributed by atoms with Crippen LogP contribution >= 0.6 is 23.2 Å². The first kappa shape index (κ1) is 23.9. The van der Waals surface area contributed by atoms with E-state index < -0.39 is 15.9 Å². The highest BCUT2D eigenvalue weighted by atomic mass is 35.5. The van der Waals surface area contributed by atoms with E-state index in [1.165, 1.54) is 4.31 Å². The summed E-state index contributed by atoms with van der Waals surface area (Å²) in [7, 11) is -3.68. The number of nitrogens with one attached hydrogen (secondary N) is 1. The van der Waals surface area contributed by atoms with Crippen molar-refractivity contribution in [3.8, 4) is 5.75 Å². The number of rotatable bonds is 7. The first-order valence-electron chi connectivity index (χ1n) is 10.1. The van der Waals surface area contributed by atoms with Gasteiger partial charge in [-0.15, -0.1) is 0 Å². The number of halogens is 2. The van der Waals surface area contributed by atoms with E-state index in [2.05, 4.69) is 5.32 Å². The van der Waals surface area contributed by atoms with Crippen molar-refractivity contribution in [3.05, 3.63) is 58.1 Å². The Morgan fingerprint density at radius 2 is 1.87 bits per heavy atom. The average molecular weight is 485 g/mol. The lowest BCUT2D eigenvalue weighted by molar-refractivity contribution is -0.120. The van der Waals surface area contributed by atoms with Crippen LogP contribution in [0.2, 0.25) is 10.0 Å². The largest absolute Gasteiger partial charge is 0.491 e. The van der Waals surface area contributed by atoms with Gasteiger partial charge in [0.25, 0.3) is 0 Å². The minimum absolute atomic E-state index is 0.0229. The molecule has 1 N–H and O–H groups in total. The molecule has 0 radical (unpaired) electrons. The van der Waals surface area contributed by atoms with E-state index >= 15 is 0 Å². The Morgan fingerprint density at radius 1 is 1.19 bits per heavy atom. The number of amides is 1. The molecule has 0 saturated carbocycles. The topological polar surface area (TPSA) is 75.7 Å². The number of hydrogen-bond donors (Lipinski definition) is 1. The fourth-order valence-corrected chi connectivity index (χ4v) is 5.88. The van der Waals surface area contributed by atoms with Crippen LogP contribution in [-0.2, 0) is 20.6 Å². The molecule has 1 fully saturated rings. The average Bonchev–Trinajstić information content (AvgIpc) is 2.71. The molecule has 0 aromatic heterocycles. The first-order valence-corrected chi connectivity index (χ1v) is 12.5. The molecule has 1 aliphatic heterocycles. The van der Waals surface area contributed by atoms with Crippen LogP contribution in [0.3, 0.4) is 0 Å². The standard InChI is InChI=1S/C22H26Cl2N2O4S/c1-15(2)30-18-8-3-7-17(12-18)25-22(27)16-6-5-11-26(13-16)31(28,29)14-19-20(23)9-4-10-21(19)24/h3-4,7-10,12,15-16H,5-6,11,13-14H2,1-2H3,(H,25,27). The number of carbonyl (C=O) groups is 1.